The number of halogens is 4. The molecule has 18 nitrogen and oxygen atoms in total. The summed E-state index contributed by atoms with van der Waals surface area (Å²) < 4.78 is 47.6. The number of imide groups is 1. The zero-order valence-electron chi connectivity index (χ0n) is 33.5. The zero-order valence-corrected chi connectivity index (χ0v) is 34.3. The van der Waals surface area contributed by atoms with Gasteiger partial charge in [-0.2, -0.15) is 10.1 Å². The summed E-state index contributed by atoms with van der Waals surface area (Å²) >= 11 is 6.49. The Bertz CT molecular complexity index is 2950. The number of carbonyl (C=O) groups is 4. The Hall–Kier alpha value is -7.16. The second-order valence-corrected chi connectivity index (χ2v) is 15.7. The number of benzene rings is 3. The van der Waals surface area contributed by atoms with Crippen LogP contribution in [-0.4, -0.2) is 73.5 Å². The van der Waals surface area contributed by atoms with Crippen molar-refractivity contribution in [1.82, 2.24) is 49.1 Å². The fraction of sp³-hybridized carbons (Fsp3) is 0.317. The van der Waals surface area contributed by atoms with E-state index < -0.39 is 47.3 Å². The van der Waals surface area contributed by atoms with Gasteiger partial charge in [0.05, 0.1) is 35.5 Å². The number of fused-ring (bicyclic) bond motifs is 2. The number of hydrogen-bond acceptors (Lipinski definition) is 11. The number of aryl methyl sites for hydroxylation is 2. The molecule has 0 aliphatic carbocycles. The Labute approximate surface area is 359 Å². The third-order valence-electron chi connectivity index (χ3n) is 10.8. The first-order valence-corrected chi connectivity index (χ1v) is 20.3. The van der Waals surface area contributed by atoms with Crippen LogP contribution in [0.25, 0.3) is 10.9 Å². The molecule has 0 spiro atoms. The second-order valence-electron chi connectivity index (χ2n) is 15.3. The van der Waals surface area contributed by atoms with E-state index in [0.717, 1.165) is 15.6 Å². The third kappa shape index (κ3) is 9.08. The molecule has 63 heavy (non-hydrogen) atoms. The van der Waals surface area contributed by atoms with E-state index in [0.29, 0.717) is 65.7 Å². The van der Waals surface area contributed by atoms with Crippen molar-refractivity contribution in [3.63, 3.8) is 0 Å². The molecular weight excluding hydrogens is 849 g/mol. The van der Waals surface area contributed by atoms with E-state index in [4.69, 9.17) is 11.6 Å². The average Bonchev–Trinajstić information content (AvgIpc) is 3.94. The smallest absolute Gasteiger partial charge is 0.326 e. The molecule has 4 amide bonds. The number of anilines is 3. The molecule has 3 N–H and O–H groups in total. The Kier molecular flexibility index (Phi) is 11.9. The molecule has 0 saturated carbocycles. The molecule has 6 aromatic rings. The highest BCUT2D eigenvalue weighted by Crippen LogP contribution is 2.33. The number of piperidine rings is 1. The molecule has 2 aliphatic rings. The molecule has 3 aromatic carbocycles. The fourth-order valence-corrected chi connectivity index (χ4v) is 7.86. The molecule has 1 saturated heterocycles. The molecule has 326 valence electrons. The SMILES string of the molecule is Cn1cc2cc(Nc3nc(=O)n(Cc4cn(CCCCCCC(=O)Nc5cccc6c5CN(C5CCC(=O)NC5=O)C6=O)nn4)c(=O)n3Cc3cc(F)c(F)cc3F)c(Cl)cc2n1. The monoisotopic (exact) mass is 886 g/mol. The number of aromatic nitrogens is 8. The van der Waals surface area contributed by atoms with Crippen LogP contribution in [0.3, 0.4) is 0 Å². The minimum atomic E-state index is -1.41. The number of hydrogen-bond donors (Lipinski definition) is 3. The van der Waals surface area contributed by atoms with E-state index in [1.54, 1.807) is 54.5 Å². The van der Waals surface area contributed by atoms with Crippen LogP contribution in [0.1, 0.15) is 72.1 Å². The lowest BCUT2D eigenvalue weighted by atomic mass is 10.0. The minimum absolute atomic E-state index is 0.137. The summed E-state index contributed by atoms with van der Waals surface area (Å²) in [6.07, 6.45) is 6.56. The molecule has 1 atom stereocenters. The van der Waals surface area contributed by atoms with Gasteiger partial charge in [0.25, 0.3) is 5.91 Å². The quantitative estimate of drug-likeness (QED) is 0.0758. The highest BCUT2D eigenvalue weighted by atomic mass is 35.5. The van der Waals surface area contributed by atoms with Gasteiger partial charge in [-0.05, 0) is 49.6 Å². The van der Waals surface area contributed by atoms with Crippen molar-refractivity contribution in [2.24, 2.45) is 7.05 Å². The summed E-state index contributed by atoms with van der Waals surface area (Å²) in [6.45, 7) is -0.432. The first-order chi connectivity index (χ1) is 30.2. The van der Waals surface area contributed by atoms with Crippen molar-refractivity contribution in [3.05, 3.63) is 121 Å². The van der Waals surface area contributed by atoms with Crippen molar-refractivity contribution in [3.8, 4) is 0 Å². The molecule has 0 bridgehead atoms. The number of nitrogens with one attached hydrogen (secondary N) is 3. The van der Waals surface area contributed by atoms with Gasteiger partial charge in [-0.1, -0.05) is 35.7 Å². The third-order valence-corrected chi connectivity index (χ3v) is 11.1. The number of rotatable bonds is 15. The summed E-state index contributed by atoms with van der Waals surface area (Å²) in [5.41, 5.74) is 0.226. The maximum absolute atomic E-state index is 14.9. The van der Waals surface area contributed by atoms with Crippen LogP contribution in [0.5, 0.6) is 0 Å². The first-order valence-electron chi connectivity index (χ1n) is 19.9. The van der Waals surface area contributed by atoms with Gasteiger partial charge in [0.15, 0.2) is 11.6 Å². The lowest BCUT2D eigenvalue weighted by molar-refractivity contribution is -0.137. The lowest BCUT2D eigenvalue weighted by Gasteiger charge is -2.29. The van der Waals surface area contributed by atoms with Gasteiger partial charge in [0, 0.05) is 73.0 Å². The summed E-state index contributed by atoms with van der Waals surface area (Å²) in [4.78, 5) is 82.8. The van der Waals surface area contributed by atoms with Gasteiger partial charge < -0.3 is 15.5 Å². The van der Waals surface area contributed by atoms with Crippen LogP contribution in [0, 0.1) is 17.5 Å². The fourth-order valence-electron chi connectivity index (χ4n) is 7.65. The van der Waals surface area contributed by atoms with E-state index in [2.05, 4.69) is 36.3 Å². The number of carbonyl (C=O) groups excluding carboxylic acids is 4. The van der Waals surface area contributed by atoms with E-state index in [1.165, 1.54) is 9.58 Å². The highest BCUT2D eigenvalue weighted by Gasteiger charge is 2.40. The molecule has 2 aliphatic heterocycles. The van der Waals surface area contributed by atoms with Gasteiger partial charge in [-0.3, -0.25) is 38.4 Å². The predicted octanol–water partition coefficient (Wildman–Crippen LogP) is 4.14. The van der Waals surface area contributed by atoms with Crippen LogP contribution >= 0.6 is 11.6 Å². The normalized spacial score (nSPS) is 15.0. The Morgan fingerprint density at radius 1 is 0.921 bits per heavy atom. The largest absolute Gasteiger partial charge is 0.355 e. The number of amides is 4. The standard InChI is InChI=1S/C41H38ClF3N12O6/c1-53-17-23-14-33(27(42)15-32(23)51-53)47-39-49-40(62)57(41(63)56(39)18-22-13-29(44)30(45)16-28(22)43)20-24-19-54(52-50-24)12-5-3-2-4-9-35(58)46-31-8-6-7-25-26(31)21-55(38(25)61)34-10-11-36(59)48-37(34)60/h6-8,13-17,19,34H,2-5,9-12,18,20-21H2,1H3,(H,46,58)(H,47,49,62)(H,48,59,60). The van der Waals surface area contributed by atoms with Crippen LogP contribution in [0.2, 0.25) is 5.02 Å². The van der Waals surface area contributed by atoms with E-state index in [9.17, 15) is 41.9 Å². The molecular formula is C41H38ClF3N12O6. The van der Waals surface area contributed by atoms with Crippen LogP contribution in [0.15, 0.2) is 64.4 Å². The Morgan fingerprint density at radius 2 is 1.71 bits per heavy atom. The van der Waals surface area contributed by atoms with Crippen LogP contribution < -0.4 is 27.3 Å². The summed E-state index contributed by atoms with van der Waals surface area (Å²) in [6, 6.07) is 8.41. The van der Waals surface area contributed by atoms with Crippen molar-refractivity contribution in [2.75, 3.05) is 10.6 Å². The molecule has 3 aromatic heterocycles. The topological polar surface area (TPSA) is 213 Å². The van der Waals surface area contributed by atoms with Gasteiger partial charge in [0.2, 0.25) is 23.7 Å². The Morgan fingerprint density at radius 3 is 2.52 bits per heavy atom. The van der Waals surface area contributed by atoms with Gasteiger partial charge in [-0.25, -0.2) is 27.3 Å². The van der Waals surface area contributed by atoms with Crippen molar-refractivity contribution in [1.29, 1.82) is 0 Å². The summed E-state index contributed by atoms with van der Waals surface area (Å²) in [7, 11) is 1.72. The van der Waals surface area contributed by atoms with Crippen molar-refractivity contribution in [2.45, 2.75) is 77.2 Å². The summed E-state index contributed by atoms with van der Waals surface area (Å²) in [5.74, 6) is -5.66. The van der Waals surface area contributed by atoms with Gasteiger partial charge in [0.1, 0.15) is 17.6 Å². The second kappa shape index (κ2) is 17.7. The maximum atomic E-state index is 14.9. The van der Waals surface area contributed by atoms with Crippen molar-refractivity contribution < 1.29 is 32.3 Å². The molecule has 22 heteroatoms. The van der Waals surface area contributed by atoms with Crippen molar-refractivity contribution >= 4 is 63.5 Å². The summed E-state index contributed by atoms with van der Waals surface area (Å²) in [5, 5.41) is 21.4. The van der Waals surface area contributed by atoms with Gasteiger partial charge in [-0.15, -0.1) is 5.10 Å². The minimum Gasteiger partial charge on any atom is -0.326 e. The lowest BCUT2D eigenvalue weighted by Crippen LogP contribution is -2.52. The highest BCUT2D eigenvalue weighted by molar-refractivity contribution is 6.34. The van der Waals surface area contributed by atoms with Crippen LogP contribution in [-0.2, 0) is 47.6 Å². The molecule has 5 heterocycles. The van der Waals surface area contributed by atoms with Gasteiger partial charge >= 0.3 is 11.4 Å². The zero-order chi connectivity index (χ0) is 44.5. The number of nitrogens with zero attached hydrogens (tertiary/aromatic N) is 9. The van der Waals surface area contributed by atoms with E-state index in [-0.39, 0.29) is 78.0 Å². The maximum Gasteiger partial charge on any atom is 0.355 e. The molecule has 1 unspecified atom stereocenters. The van der Waals surface area contributed by atoms with E-state index in [1.807, 2.05) is 0 Å². The molecule has 1 fully saturated rings. The Balaban J connectivity index is 0.873. The van der Waals surface area contributed by atoms with Crippen LogP contribution in [0.4, 0.5) is 30.5 Å². The first kappa shape index (κ1) is 42.5. The number of unbranched alkanes of at least 4 members (excludes halogenated alkanes) is 3. The average molecular weight is 887 g/mol. The molecule has 0 radical (unpaired) electrons. The predicted molar refractivity (Wildman–Crippen MR) is 221 cm³/mol. The van der Waals surface area contributed by atoms with E-state index >= 15 is 0 Å². The molecule has 8 rings (SSSR count).